The Hall–Kier alpha value is -2.42. The van der Waals surface area contributed by atoms with Gasteiger partial charge in [0.1, 0.15) is 10.1 Å². The Bertz CT molecular complexity index is 944. The van der Waals surface area contributed by atoms with Crippen molar-refractivity contribution < 1.29 is 14.3 Å². The third kappa shape index (κ3) is 5.26. The molecule has 0 aromatic heterocycles. The zero-order valence-electron chi connectivity index (χ0n) is 17.4. The van der Waals surface area contributed by atoms with E-state index in [4.69, 9.17) is 26.8 Å². The second-order valence-corrected chi connectivity index (χ2v) is 8.91. The number of nitrogens with zero attached hydrogens (tertiary/aromatic N) is 3. The van der Waals surface area contributed by atoms with Crippen LogP contribution in [-0.4, -0.2) is 65.0 Å². The van der Waals surface area contributed by atoms with Crippen LogP contribution in [0.4, 0.5) is 0 Å². The van der Waals surface area contributed by atoms with Crippen molar-refractivity contribution in [1.82, 2.24) is 9.91 Å². The molecule has 1 amide bonds. The summed E-state index contributed by atoms with van der Waals surface area (Å²) in [5.41, 5.74) is 2.98. The standard InChI is InChI=1S/C23H25N3O3S2/c1-28-19-9-7-18(8-10-19)21-15-20(17-5-3-2-4-6-17)24-26(21)22(27)16-31-23(30)25-11-13-29-14-12-25/h2-10,21H,11-16H2,1H3. The molecule has 162 valence electrons. The van der Waals surface area contributed by atoms with Crippen molar-refractivity contribution in [1.29, 1.82) is 0 Å². The van der Waals surface area contributed by atoms with E-state index >= 15 is 0 Å². The molecule has 2 heterocycles. The minimum Gasteiger partial charge on any atom is -0.497 e. The molecule has 1 saturated heterocycles. The molecule has 1 fully saturated rings. The van der Waals surface area contributed by atoms with Gasteiger partial charge in [-0.15, -0.1) is 0 Å². The lowest BCUT2D eigenvalue weighted by Crippen LogP contribution is -2.39. The Labute approximate surface area is 192 Å². The summed E-state index contributed by atoms with van der Waals surface area (Å²) in [5, 5.41) is 6.35. The summed E-state index contributed by atoms with van der Waals surface area (Å²) < 4.78 is 11.4. The molecule has 1 unspecified atom stereocenters. The van der Waals surface area contributed by atoms with Crippen LogP contribution in [0, 0.1) is 0 Å². The van der Waals surface area contributed by atoms with Gasteiger partial charge < -0.3 is 14.4 Å². The number of ether oxygens (including phenoxy) is 2. The van der Waals surface area contributed by atoms with Crippen molar-refractivity contribution in [3.05, 3.63) is 65.7 Å². The van der Waals surface area contributed by atoms with E-state index in [1.807, 2.05) is 54.6 Å². The Morgan fingerprint density at radius 1 is 1.16 bits per heavy atom. The van der Waals surface area contributed by atoms with E-state index < -0.39 is 0 Å². The van der Waals surface area contributed by atoms with E-state index in [2.05, 4.69) is 4.90 Å². The lowest BCUT2D eigenvalue weighted by atomic mass is 9.98. The Balaban J connectivity index is 1.50. The summed E-state index contributed by atoms with van der Waals surface area (Å²) in [5.74, 6) is 0.997. The van der Waals surface area contributed by atoms with E-state index in [0.717, 1.165) is 40.0 Å². The highest BCUT2D eigenvalue weighted by Gasteiger charge is 2.33. The highest BCUT2D eigenvalue weighted by molar-refractivity contribution is 8.23. The average molecular weight is 456 g/mol. The largest absolute Gasteiger partial charge is 0.497 e. The number of carbonyl (C=O) groups is 1. The Kier molecular flexibility index (Phi) is 7.21. The van der Waals surface area contributed by atoms with Crippen LogP contribution in [0.5, 0.6) is 5.75 Å². The van der Waals surface area contributed by atoms with Crippen LogP contribution in [0.1, 0.15) is 23.6 Å². The number of hydrazone groups is 1. The van der Waals surface area contributed by atoms with Crippen LogP contribution in [0.25, 0.3) is 0 Å². The maximum absolute atomic E-state index is 13.2. The number of morpholine rings is 1. The van der Waals surface area contributed by atoms with Crippen molar-refractivity contribution in [2.75, 3.05) is 39.2 Å². The van der Waals surface area contributed by atoms with Crippen LogP contribution in [0.2, 0.25) is 0 Å². The second-order valence-electron chi connectivity index (χ2n) is 7.30. The average Bonchev–Trinajstić information content (AvgIpc) is 3.29. The molecule has 2 aromatic rings. The molecule has 0 saturated carbocycles. The van der Waals surface area contributed by atoms with Gasteiger partial charge in [0.15, 0.2) is 0 Å². The summed E-state index contributed by atoms with van der Waals surface area (Å²) >= 11 is 6.93. The first-order valence-electron chi connectivity index (χ1n) is 10.2. The maximum atomic E-state index is 13.2. The molecule has 4 rings (SSSR count). The Morgan fingerprint density at radius 2 is 1.87 bits per heavy atom. The van der Waals surface area contributed by atoms with Gasteiger partial charge in [-0.05, 0) is 23.3 Å². The molecule has 2 aliphatic heterocycles. The quantitative estimate of drug-likeness (QED) is 0.641. The minimum absolute atomic E-state index is 0.0487. The number of methoxy groups -OCH3 is 1. The molecule has 0 N–H and O–H groups in total. The molecule has 0 bridgehead atoms. The molecule has 0 radical (unpaired) electrons. The fourth-order valence-electron chi connectivity index (χ4n) is 3.66. The van der Waals surface area contributed by atoms with E-state index in [1.165, 1.54) is 11.8 Å². The van der Waals surface area contributed by atoms with Gasteiger partial charge in [0.2, 0.25) is 0 Å². The first-order chi connectivity index (χ1) is 15.2. The first kappa shape index (κ1) is 21.8. The highest BCUT2D eigenvalue weighted by atomic mass is 32.2. The fraction of sp³-hybridized carbons (Fsp3) is 0.348. The number of carbonyl (C=O) groups excluding carboxylic acids is 1. The molecule has 2 aliphatic rings. The highest BCUT2D eigenvalue weighted by Crippen LogP contribution is 2.34. The normalized spacial score (nSPS) is 18.6. The number of thioether (sulfide) groups is 1. The van der Waals surface area contributed by atoms with Gasteiger partial charge in [-0.3, -0.25) is 4.79 Å². The number of rotatable bonds is 5. The topological polar surface area (TPSA) is 54.4 Å². The van der Waals surface area contributed by atoms with Crippen LogP contribution >= 0.6 is 24.0 Å². The van der Waals surface area contributed by atoms with E-state index in [9.17, 15) is 4.79 Å². The molecule has 6 nitrogen and oxygen atoms in total. The van der Waals surface area contributed by atoms with Crippen LogP contribution < -0.4 is 4.74 Å². The summed E-state index contributed by atoms with van der Waals surface area (Å²) in [6, 6.07) is 17.7. The number of hydrogen-bond donors (Lipinski definition) is 0. The Morgan fingerprint density at radius 3 is 2.55 bits per heavy atom. The number of hydrogen-bond acceptors (Lipinski definition) is 6. The predicted octanol–water partition coefficient (Wildman–Crippen LogP) is 3.72. The molecule has 8 heteroatoms. The summed E-state index contributed by atoms with van der Waals surface area (Å²) in [6.07, 6.45) is 0.667. The van der Waals surface area contributed by atoms with Crippen molar-refractivity contribution in [2.24, 2.45) is 5.10 Å². The molecule has 0 spiro atoms. The molecular formula is C23H25N3O3S2. The van der Waals surface area contributed by atoms with Gasteiger partial charge in [-0.25, -0.2) is 5.01 Å². The zero-order chi connectivity index (χ0) is 21.6. The fourth-order valence-corrected chi connectivity index (χ4v) is 4.76. The zero-order valence-corrected chi connectivity index (χ0v) is 19.0. The van der Waals surface area contributed by atoms with Crippen LogP contribution in [-0.2, 0) is 9.53 Å². The third-order valence-corrected chi connectivity index (χ3v) is 6.87. The summed E-state index contributed by atoms with van der Waals surface area (Å²) in [4.78, 5) is 15.3. The van der Waals surface area contributed by atoms with Gasteiger partial charge >= 0.3 is 0 Å². The van der Waals surface area contributed by atoms with Crippen LogP contribution in [0.15, 0.2) is 59.7 Å². The monoisotopic (exact) mass is 455 g/mol. The molecular weight excluding hydrogens is 430 g/mol. The van der Waals surface area contributed by atoms with E-state index in [-0.39, 0.29) is 17.7 Å². The first-order valence-corrected chi connectivity index (χ1v) is 11.6. The molecule has 0 aliphatic carbocycles. The summed E-state index contributed by atoms with van der Waals surface area (Å²) in [7, 11) is 1.64. The second kappa shape index (κ2) is 10.3. The van der Waals surface area contributed by atoms with Gasteiger partial charge in [0.25, 0.3) is 5.91 Å². The number of amides is 1. The van der Waals surface area contributed by atoms with Gasteiger partial charge in [0.05, 0.1) is 37.8 Å². The van der Waals surface area contributed by atoms with Crippen LogP contribution in [0.3, 0.4) is 0 Å². The molecule has 1 atom stereocenters. The predicted molar refractivity (Wildman–Crippen MR) is 128 cm³/mol. The number of thiocarbonyl (C=S) groups is 1. The van der Waals surface area contributed by atoms with E-state index in [0.29, 0.717) is 19.6 Å². The molecule has 2 aromatic carbocycles. The van der Waals surface area contributed by atoms with Gasteiger partial charge in [-0.2, -0.15) is 5.10 Å². The lowest BCUT2D eigenvalue weighted by molar-refractivity contribution is -0.130. The SMILES string of the molecule is COc1ccc(C2CC(c3ccccc3)=NN2C(=O)CSC(=S)N2CCOCC2)cc1. The van der Waals surface area contributed by atoms with Crippen molar-refractivity contribution in [2.45, 2.75) is 12.5 Å². The summed E-state index contributed by atoms with van der Waals surface area (Å²) in [6.45, 7) is 2.89. The van der Waals surface area contributed by atoms with Crippen molar-refractivity contribution >= 4 is 39.9 Å². The van der Waals surface area contributed by atoms with E-state index in [1.54, 1.807) is 12.1 Å². The molecule has 31 heavy (non-hydrogen) atoms. The minimum atomic E-state index is -0.147. The van der Waals surface area contributed by atoms with Gasteiger partial charge in [0, 0.05) is 19.5 Å². The van der Waals surface area contributed by atoms with Gasteiger partial charge in [-0.1, -0.05) is 66.4 Å². The smallest absolute Gasteiger partial charge is 0.253 e. The maximum Gasteiger partial charge on any atom is 0.253 e. The number of benzene rings is 2. The van der Waals surface area contributed by atoms with Crippen molar-refractivity contribution in [3.8, 4) is 5.75 Å². The lowest BCUT2D eigenvalue weighted by Gasteiger charge is -2.29. The van der Waals surface area contributed by atoms with Crippen molar-refractivity contribution in [3.63, 3.8) is 0 Å². The third-order valence-electron chi connectivity index (χ3n) is 5.36.